The number of hydrogen-bond acceptors (Lipinski definition) is 3. The normalized spacial score (nSPS) is 13.6. The Labute approximate surface area is 97.3 Å². The van der Waals surface area contributed by atoms with Crippen molar-refractivity contribution in [3.05, 3.63) is 41.9 Å². The van der Waals surface area contributed by atoms with Crippen molar-refractivity contribution >= 4 is 23.2 Å². The van der Waals surface area contributed by atoms with Crippen molar-refractivity contribution in [2.24, 2.45) is 10.7 Å². The van der Waals surface area contributed by atoms with Crippen molar-refractivity contribution in [3.63, 3.8) is 0 Å². The first-order chi connectivity index (χ1) is 8.25. The Morgan fingerprint density at radius 2 is 2.29 bits per heavy atom. The monoisotopic (exact) mass is 226 g/mol. The minimum atomic E-state index is -0.514. The molecule has 17 heavy (non-hydrogen) atoms. The SMILES string of the molecule is NC(=O)c1ccc2cc3n(c2n1)CC=CN=C3. The molecule has 5 heteroatoms. The van der Waals surface area contributed by atoms with E-state index in [1.807, 2.05) is 22.8 Å². The van der Waals surface area contributed by atoms with E-state index in [1.165, 1.54) is 0 Å². The number of primary amides is 1. The van der Waals surface area contributed by atoms with Crippen molar-refractivity contribution in [2.75, 3.05) is 0 Å². The molecule has 84 valence electrons. The largest absolute Gasteiger partial charge is 0.364 e. The Kier molecular flexibility index (Phi) is 2.04. The molecule has 1 aliphatic heterocycles. The van der Waals surface area contributed by atoms with Gasteiger partial charge in [-0.25, -0.2) is 4.98 Å². The zero-order valence-electron chi connectivity index (χ0n) is 9.00. The van der Waals surface area contributed by atoms with Crippen molar-refractivity contribution in [3.8, 4) is 0 Å². The lowest BCUT2D eigenvalue weighted by atomic mass is 10.3. The first kappa shape index (κ1) is 9.77. The summed E-state index contributed by atoms with van der Waals surface area (Å²) in [7, 11) is 0. The van der Waals surface area contributed by atoms with Gasteiger partial charge in [-0.2, -0.15) is 0 Å². The van der Waals surface area contributed by atoms with Gasteiger partial charge in [-0.05, 0) is 24.3 Å². The molecular formula is C12H10N4O. The Hall–Kier alpha value is -2.43. The van der Waals surface area contributed by atoms with Gasteiger partial charge >= 0.3 is 0 Å². The molecule has 0 bridgehead atoms. The number of aliphatic imine (C=N–C) groups is 1. The fraction of sp³-hybridized carbons (Fsp3) is 0.0833. The molecule has 0 fully saturated rings. The van der Waals surface area contributed by atoms with Crippen LogP contribution in [0.15, 0.2) is 35.5 Å². The average molecular weight is 226 g/mol. The number of amides is 1. The molecule has 0 atom stereocenters. The van der Waals surface area contributed by atoms with Gasteiger partial charge in [0.25, 0.3) is 5.91 Å². The average Bonchev–Trinajstić information content (AvgIpc) is 2.51. The number of nitrogens with zero attached hydrogens (tertiary/aromatic N) is 3. The molecule has 3 rings (SSSR count). The third kappa shape index (κ3) is 1.52. The van der Waals surface area contributed by atoms with E-state index < -0.39 is 5.91 Å². The van der Waals surface area contributed by atoms with E-state index in [0.29, 0.717) is 6.54 Å². The van der Waals surface area contributed by atoms with Gasteiger partial charge in [0.2, 0.25) is 0 Å². The number of nitrogens with two attached hydrogens (primary N) is 1. The number of pyridine rings is 1. The van der Waals surface area contributed by atoms with Crippen LogP contribution in [0.1, 0.15) is 16.2 Å². The minimum absolute atomic E-state index is 0.281. The third-order valence-corrected chi connectivity index (χ3v) is 2.71. The predicted molar refractivity (Wildman–Crippen MR) is 65.0 cm³/mol. The van der Waals surface area contributed by atoms with E-state index >= 15 is 0 Å². The molecule has 5 nitrogen and oxygen atoms in total. The standard InChI is InChI=1S/C12H10N4O/c13-11(17)10-3-2-8-6-9-7-14-4-1-5-16(9)12(8)15-10/h1-4,6-7H,5H2,(H2,13,17). The quantitative estimate of drug-likeness (QED) is 0.790. The van der Waals surface area contributed by atoms with Gasteiger partial charge in [0.15, 0.2) is 0 Å². The summed E-state index contributed by atoms with van der Waals surface area (Å²) in [6, 6.07) is 5.47. The summed E-state index contributed by atoms with van der Waals surface area (Å²) in [5, 5.41) is 0.978. The number of fused-ring (bicyclic) bond motifs is 3. The number of aromatic nitrogens is 2. The second-order valence-electron chi connectivity index (χ2n) is 3.82. The summed E-state index contributed by atoms with van der Waals surface area (Å²) in [6.45, 7) is 0.689. The summed E-state index contributed by atoms with van der Waals surface area (Å²) in [4.78, 5) is 19.5. The predicted octanol–water partition coefficient (Wildman–Crippen LogP) is 1.08. The molecule has 0 radical (unpaired) electrons. The summed E-state index contributed by atoms with van der Waals surface area (Å²) in [5.41, 5.74) is 7.24. The molecule has 0 aromatic carbocycles. The highest BCUT2D eigenvalue weighted by Gasteiger charge is 2.11. The van der Waals surface area contributed by atoms with Crippen LogP contribution in [0.5, 0.6) is 0 Å². The Balaban J connectivity index is 2.28. The Morgan fingerprint density at radius 1 is 1.41 bits per heavy atom. The van der Waals surface area contributed by atoms with E-state index in [0.717, 1.165) is 16.7 Å². The van der Waals surface area contributed by atoms with Crippen LogP contribution < -0.4 is 5.73 Å². The van der Waals surface area contributed by atoms with Gasteiger partial charge in [0.05, 0.1) is 11.9 Å². The van der Waals surface area contributed by atoms with Crippen LogP contribution in [-0.4, -0.2) is 21.7 Å². The zero-order chi connectivity index (χ0) is 11.8. The van der Waals surface area contributed by atoms with Gasteiger partial charge in [-0.1, -0.05) is 0 Å². The van der Waals surface area contributed by atoms with Crippen molar-refractivity contribution < 1.29 is 4.79 Å². The summed E-state index contributed by atoms with van der Waals surface area (Å²) >= 11 is 0. The number of hydrogen-bond donors (Lipinski definition) is 1. The molecule has 2 aromatic rings. The summed E-state index contributed by atoms with van der Waals surface area (Å²) in [6.07, 6.45) is 5.46. The highest BCUT2D eigenvalue weighted by Crippen LogP contribution is 2.19. The lowest BCUT2D eigenvalue weighted by Gasteiger charge is -2.03. The van der Waals surface area contributed by atoms with Crippen molar-refractivity contribution in [2.45, 2.75) is 6.54 Å². The number of carbonyl (C=O) groups excluding carboxylic acids is 1. The van der Waals surface area contributed by atoms with Crippen LogP contribution in [0.3, 0.4) is 0 Å². The molecule has 1 amide bonds. The molecule has 0 unspecified atom stereocenters. The van der Waals surface area contributed by atoms with Crippen molar-refractivity contribution in [1.29, 1.82) is 0 Å². The Bertz CT molecular complexity index is 666. The Morgan fingerprint density at radius 3 is 3.12 bits per heavy atom. The maximum Gasteiger partial charge on any atom is 0.267 e. The fourth-order valence-corrected chi connectivity index (χ4v) is 1.92. The van der Waals surface area contributed by atoms with E-state index in [4.69, 9.17) is 5.73 Å². The topological polar surface area (TPSA) is 73.3 Å². The van der Waals surface area contributed by atoms with E-state index in [-0.39, 0.29) is 5.69 Å². The van der Waals surface area contributed by atoms with Gasteiger partial charge in [-0.3, -0.25) is 9.79 Å². The smallest absolute Gasteiger partial charge is 0.267 e. The van der Waals surface area contributed by atoms with E-state index in [9.17, 15) is 4.79 Å². The molecule has 0 saturated carbocycles. The van der Waals surface area contributed by atoms with E-state index in [2.05, 4.69) is 9.98 Å². The molecule has 3 heterocycles. The zero-order valence-corrected chi connectivity index (χ0v) is 9.00. The highest BCUT2D eigenvalue weighted by atomic mass is 16.1. The molecule has 0 aliphatic carbocycles. The second kappa shape index (κ2) is 3.55. The first-order valence-corrected chi connectivity index (χ1v) is 5.24. The molecule has 2 aromatic heterocycles. The van der Waals surface area contributed by atoms with Gasteiger partial charge in [0, 0.05) is 18.1 Å². The molecule has 0 saturated heterocycles. The van der Waals surface area contributed by atoms with Gasteiger partial charge in [-0.15, -0.1) is 0 Å². The molecule has 1 aliphatic rings. The van der Waals surface area contributed by atoms with Gasteiger partial charge in [0.1, 0.15) is 11.3 Å². The highest BCUT2D eigenvalue weighted by molar-refractivity contribution is 5.95. The number of rotatable bonds is 1. The van der Waals surface area contributed by atoms with Crippen LogP contribution in [0.4, 0.5) is 0 Å². The lowest BCUT2D eigenvalue weighted by molar-refractivity contribution is 0.0996. The van der Waals surface area contributed by atoms with Crippen LogP contribution in [0.25, 0.3) is 11.0 Å². The lowest BCUT2D eigenvalue weighted by Crippen LogP contribution is -2.13. The van der Waals surface area contributed by atoms with Crippen LogP contribution in [-0.2, 0) is 6.54 Å². The summed E-state index contributed by atoms with van der Waals surface area (Å²) in [5.74, 6) is -0.514. The second-order valence-corrected chi connectivity index (χ2v) is 3.82. The molecular weight excluding hydrogens is 216 g/mol. The maximum absolute atomic E-state index is 11.1. The van der Waals surface area contributed by atoms with Crippen LogP contribution in [0, 0.1) is 0 Å². The third-order valence-electron chi connectivity index (χ3n) is 2.71. The number of allylic oxidation sites excluding steroid dienone is 1. The minimum Gasteiger partial charge on any atom is -0.364 e. The number of carbonyl (C=O) groups is 1. The molecule has 0 spiro atoms. The van der Waals surface area contributed by atoms with Gasteiger partial charge < -0.3 is 10.3 Å². The van der Waals surface area contributed by atoms with Crippen LogP contribution >= 0.6 is 0 Å². The fourth-order valence-electron chi connectivity index (χ4n) is 1.92. The first-order valence-electron chi connectivity index (χ1n) is 5.24. The molecule has 2 N–H and O–H groups in total. The summed E-state index contributed by atoms with van der Waals surface area (Å²) < 4.78 is 1.99. The maximum atomic E-state index is 11.1. The van der Waals surface area contributed by atoms with Crippen molar-refractivity contribution in [1.82, 2.24) is 9.55 Å². The van der Waals surface area contributed by atoms with E-state index in [1.54, 1.807) is 18.5 Å². The van der Waals surface area contributed by atoms with Crippen LogP contribution in [0.2, 0.25) is 0 Å².